The summed E-state index contributed by atoms with van der Waals surface area (Å²) in [7, 11) is -1.90. The molecule has 0 aliphatic rings. The van der Waals surface area contributed by atoms with Crippen LogP contribution in [0.3, 0.4) is 0 Å². The summed E-state index contributed by atoms with van der Waals surface area (Å²) in [5.74, 6) is 0.955. The summed E-state index contributed by atoms with van der Waals surface area (Å²) in [6, 6.07) is 1.54. The SMILES string of the molecule is CCc1nc(NS(=O)(=O)c2cc(CNC)oc2C)sc1C. The third-order valence-electron chi connectivity index (χ3n) is 3.01. The summed E-state index contributed by atoms with van der Waals surface area (Å²) < 4.78 is 32.8. The van der Waals surface area contributed by atoms with Gasteiger partial charge in [-0.1, -0.05) is 6.92 Å². The second-order valence-electron chi connectivity index (χ2n) is 4.64. The van der Waals surface area contributed by atoms with Crippen molar-refractivity contribution in [1.82, 2.24) is 10.3 Å². The minimum atomic E-state index is -3.68. The molecule has 2 heterocycles. The van der Waals surface area contributed by atoms with Crippen LogP contribution in [-0.4, -0.2) is 20.4 Å². The number of anilines is 1. The van der Waals surface area contributed by atoms with Crippen molar-refractivity contribution in [2.75, 3.05) is 11.8 Å². The van der Waals surface area contributed by atoms with Crippen LogP contribution in [0.25, 0.3) is 0 Å². The minimum absolute atomic E-state index is 0.152. The Morgan fingerprint density at radius 2 is 2.10 bits per heavy atom. The van der Waals surface area contributed by atoms with Crippen molar-refractivity contribution in [2.45, 2.75) is 38.6 Å². The van der Waals surface area contributed by atoms with Crippen LogP contribution in [0.5, 0.6) is 0 Å². The molecule has 0 aromatic carbocycles. The van der Waals surface area contributed by atoms with Gasteiger partial charge in [0.1, 0.15) is 16.4 Å². The van der Waals surface area contributed by atoms with Gasteiger partial charge in [-0.3, -0.25) is 4.72 Å². The molecule has 0 fully saturated rings. The van der Waals surface area contributed by atoms with Crippen molar-refractivity contribution < 1.29 is 12.8 Å². The molecule has 0 saturated carbocycles. The Morgan fingerprint density at radius 3 is 2.67 bits per heavy atom. The first kappa shape index (κ1) is 16.0. The van der Waals surface area contributed by atoms with Gasteiger partial charge in [0.25, 0.3) is 10.0 Å². The predicted octanol–water partition coefficient (Wildman–Crippen LogP) is 2.44. The number of sulfonamides is 1. The number of aryl methyl sites for hydroxylation is 3. The maximum Gasteiger partial charge on any atom is 0.267 e. The van der Waals surface area contributed by atoms with Gasteiger partial charge in [0.2, 0.25) is 0 Å². The molecule has 0 unspecified atom stereocenters. The van der Waals surface area contributed by atoms with Gasteiger partial charge in [-0.25, -0.2) is 13.4 Å². The van der Waals surface area contributed by atoms with Crippen LogP contribution < -0.4 is 10.0 Å². The first-order chi connectivity index (χ1) is 9.87. The van der Waals surface area contributed by atoms with Crippen LogP contribution in [0.2, 0.25) is 0 Å². The van der Waals surface area contributed by atoms with E-state index in [9.17, 15) is 8.42 Å². The van der Waals surface area contributed by atoms with Crippen molar-refractivity contribution in [3.8, 4) is 0 Å². The number of hydrogen-bond acceptors (Lipinski definition) is 6. The Hall–Kier alpha value is -1.38. The maximum atomic E-state index is 12.4. The molecule has 2 aromatic heterocycles. The number of aromatic nitrogens is 1. The molecule has 0 amide bonds. The molecule has 2 rings (SSSR count). The highest BCUT2D eigenvalue weighted by molar-refractivity contribution is 7.93. The Balaban J connectivity index is 2.29. The second-order valence-corrected chi connectivity index (χ2v) is 7.50. The van der Waals surface area contributed by atoms with Gasteiger partial charge in [0.15, 0.2) is 5.13 Å². The Bertz CT molecular complexity index is 732. The molecule has 0 atom stereocenters. The third-order valence-corrected chi connectivity index (χ3v) is 5.52. The smallest absolute Gasteiger partial charge is 0.267 e. The number of rotatable bonds is 6. The second kappa shape index (κ2) is 6.17. The van der Waals surface area contributed by atoms with Gasteiger partial charge >= 0.3 is 0 Å². The van der Waals surface area contributed by atoms with Crippen LogP contribution in [0.15, 0.2) is 15.4 Å². The fourth-order valence-electron chi connectivity index (χ4n) is 2.02. The molecule has 0 spiro atoms. The van der Waals surface area contributed by atoms with Crippen LogP contribution in [-0.2, 0) is 23.0 Å². The molecule has 0 aliphatic heterocycles. The van der Waals surface area contributed by atoms with Crippen LogP contribution in [0, 0.1) is 13.8 Å². The lowest BCUT2D eigenvalue weighted by Gasteiger charge is -2.02. The van der Waals surface area contributed by atoms with Gasteiger partial charge in [0.05, 0.1) is 12.2 Å². The third kappa shape index (κ3) is 3.45. The Kier molecular flexibility index (Phi) is 4.70. The van der Waals surface area contributed by atoms with E-state index in [0.29, 0.717) is 23.2 Å². The Morgan fingerprint density at radius 1 is 1.38 bits per heavy atom. The standard InChI is InChI=1S/C13H19N3O3S2/c1-5-11-9(3)20-13(15-11)16-21(17,18)12-6-10(7-14-4)19-8(12)2/h6,14H,5,7H2,1-4H3,(H,15,16). The van der Waals surface area contributed by atoms with Gasteiger partial charge in [-0.2, -0.15) is 0 Å². The quantitative estimate of drug-likeness (QED) is 0.850. The van der Waals surface area contributed by atoms with Crippen molar-refractivity contribution >= 4 is 26.5 Å². The molecule has 0 bridgehead atoms. The van der Waals surface area contributed by atoms with E-state index in [0.717, 1.165) is 17.0 Å². The molecule has 0 saturated heterocycles. The monoisotopic (exact) mass is 329 g/mol. The summed E-state index contributed by atoms with van der Waals surface area (Å²) in [4.78, 5) is 5.47. The summed E-state index contributed by atoms with van der Waals surface area (Å²) in [6.45, 7) is 6.04. The van der Waals surface area contributed by atoms with Gasteiger partial charge in [-0.05, 0) is 27.3 Å². The van der Waals surface area contributed by atoms with Crippen LogP contribution in [0.4, 0.5) is 5.13 Å². The molecule has 2 N–H and O–H groups in total. The van der Waals surface area contributed by atoms with Crippen molar-refractivity contribution in [1.29, 1.82) is 0 Å². The largest absolute Gasteiger partial charge is 0.464 e. The topological polar surface area (TPSA) is 84.2 Å². The number of nitrogens with zero attached hydrogens (tertiary/aromatic N) is 1. The Labute approximate surface area is 128 Å². The van der Waals surface area contributed by atoms with E-state index >= 15 is 0 Å². The molecule has 0 aliphatic carbocycles. The van der Waals surface area contributed by atoms with Gasteiger partial charge in [0, 0.05) is 10.9 Å². The van der Waals surface area contributed by atoms with Crippen LogP contribution >= 0.6 is 11.3 Å². The lowest BCUT2D eigenvalue weighted by Crippen LogP contribution is -2.13. The molecule has 8 heteroatoms. The molecule has 6 nitrogen and oxygen atoms in total. The van der Waals surface area contributed by atoms with E-state index in [2.05, 4.69) is 15.0 Å². The van der Waals surface area contributed by atoms with Crippen molar-refractivity contribution in [2.24, 2.45) is 0 Å². The van der Waals surface area contributed by atoms with E-state index in [-0.39, 0.29) is 4.90 Å². The fourth-order valence-corrected chi connectivity index (χ4v) is 4.36. The normalized spacial score (nSPS) is 11.8. The average molecular weight is 329 g/mol. The summed E-state index contributed by atoms with van der Waals surface area (Å²) in [5, 5.41) is 3.31. The molecule has 21 heavy (non-hydrogen) atoms. The zero-order chi connectivity index (χ0) is 15.6. The number of furan rings is 1. The van der Waals surface area contributed by atoms with E-state index < -0.39 is 10.0 Å². The first-order valence-electron chi connectivity index (χ1n) is 6.60. The zero-order valence-corrected chi connectivity index (χ0v) is 14.1. The average Bonchev–Trinajstić information content (AvgIpc) is 2.93. The van der Waals surface area contributed by atoms with E-state index in [1.54, 1.807) is 14.0 Å². The molecule has 2 aromatic rings. The minimum Gasteiger partial charge on any atom is -0.464 e. The zero-order valence-electron chi connectivity index (χ0n) is 12.5. The van der Waals surface area contributed by atoms with E-state index in [4.69, 9.17) is 4.42 Å². The highest BCUT2D eigenvalue weighted by Crippen LogP contribution is 2.27. The molecular weight excluding hydrogens is 310 g/mol. The van der Waals surface area contributed by atoms with E-state index in [1.807, 2.05) is 13.8 Å². The number of nitrogens with one attached hydrogen (secondary N) is 2. The highest BCUT2D eigenvalue weighted by Gasteiger charge is 2.23. The maximum absolute atomic E-state index is 12.4. The summed E-state index contributed by atoms with van der Waals surface area (Å²) in [5.41, 5.74) is 0.914. The fraction of sp³-hybridized carbons (Fsp3) is 0.462. The van der Waals surface area contributed by atoms with E-state index in [1.165, 1.54) is 17.4 Å². The predicted molar refractivity (Wildman–Crippen MR) is 83.2 cm³/mol. The van der Waals surface area contributed by atoms with Gasteiger partial charge < -0.3 is 9.73 Å². The first-order valence-corrected chi connectivity index (χ1v) is 8.90. The number of thiazole rings is 1. The van der Waals surface area contributed by atoms with Crippen molar-refractivity contribution in [3.05, 3.63) is 28.2 Å². The van der Waals surface area contributed by atoms with Gasteiger partial charge in [-0.15, -0.1) is 11.3 Å². The molecule has 0 radical (unpaired) electrons. The van der Waals surface area contributed by atoms with Crippen LogP contribution in [0.1, 0.15) is 29.0 Å². The summed E-state index contributed by atoms with van der Waals surface area (Å²) >= 11 is 1.34. The number of hydrogen-bond donors (Lipinski definition) is 2. The van der Waals surface area contributed by atoms with Crippen molar-refractivity contribution in [3.63, 3.8) is 0 Å². The molecule has 116 valence electrons. The molecular formula is C13H19N3O3S2. The highest BCUT2D eigenvalue weighted by atomic mass is 32.2. The summed E-state index contributed by atoms with van der Waals surface area (Å²) in [6.07, 6.45) is 0.779. The lowest BCUT2D eigenvalue weighted by molar-refractivity contribution is 0.466. The lowest BCUT2D eigenvalue weighted by atomic mass is 10.3.